The van der Waals surface area contributed by atoms with E-state index in [1.165, 1.54) is 6.07 Å². The van der Waals surface area contributed by atoms with E-state index in [1.807, 2.05) is 19.1 Å². The molecule has 0 bridgehead atoms. The summed E-state index contributed by atoms with van der Waals surface area (Å²) in [6, 6.07) is 10.3. The van der Waals surface area contributed by atoms with E-state index in [0.717, 1.165) is 55.1 Å². The molecular weight excluding hydrogens is 471 g/mol. The summed E-state index contributed by atoms with van der Waals surface area (Å²) in [7, 11) is 3.97. The average molecular weight is 504 g/mol. The number of ether oxygens (including phenoxy) is 1. The van der Waals surface area contributed by atoms with Crippen LogP contribution in [0.3, 0.4) is 0 Å². The number of nitrogens with one attached hydrogen (secondary N) is 1. The lowest BCUT2D eigenvalue weighted by Crippen LogP contribution is -2.30. The minimum Gasteiger partial charge on any atom is -0.495 e. The molecule has 0 atom stereocenters. The molecule has 1 saturated heterocycles. The van der Waals surface area contributed by atoms with Crippen molar-refractivity contribution in [3.63, 3.8) is 0 Å². The van der Waals surface area contributed by atoms with Crippen molar-refractivity contribution in [3.05, 3.63) is 78.7 Å². The van der Waals surface area contributed by atoms with Gasteiger partial charge in [-0.1, -0.05) is 49.5 Å². The van der Waals surface area contributed by atoms with Crippen LogP contribution >= 0.6 is 0 Å². The molecule has 0 saturated carbocycles. The van der Waals surface area contributed by atoms with Gasteiger partial charge in [0.15, 0.2) is 0 Å². The number of hydrogen-bond acceptors (Lipinski definition) is 6. The normalized spacial score (nSPS) is 14.4. The van der Waals surface area contributed by atoms with E-state index in [0.29, 0.717) is 22.6 Å². The van der Waals surface area contributed by atoms with Gasteiger partial charge in [0.05, 0.1) is 18.5 Å². The molecule has 1 aliphatic heterocycles. The summed E-state index contributed by atoms with van der Waals surface area (Å²) in [5.41, 5.74) is 4.22. The molecule has 2 radical (unpaired) electrons. The van der Waals surface area contributed by atoms with Gasteiger partial charge in [0.1, 0.15) is 18.5 Å². The zero-order chi connectivity index (χ0) is 26.5. The van der Waals surface area contributed by atoms with Gasteiger partial charge >= 0.3 is 0 Å². The van der Waals surface area contributed by atoms with E-state index in [1.54, 1.807) is 38.4 Å². The van der Waals surface area contributed by atoms with E-state index >= 15 is 0 Å². The Labute approximate surface area is 216 Å². The summed E-state index contributed by atoms with van der Waals surface area (Å²) < 4.78 is 34.2. The number of nitrogens with zero attached hydrogens (tertiary/aromatic N) is 3. The van der Waals surface area contributed by atoms with Crippen LogP contribution in [0.4, 0.5) is 11.4 Å². The van der Waals surface area contributed by atoms with Crippen molar-refractivity contribution in [3.8, 4) is 0 Å². The Morgan fingerprint density at radius 2 is 1.81 bits per heavy atom. The average Bonchev–Trinajstić information content (AvgIpc) is 3.11. The molecule has 1 heterocycles. The number of aryl methyl sites for hydroxylation is 1. The first-order chi connectivity index (χ1) is 17.1. The molecule has 2 aromatic rings. The Hall–Kier alpha value is -3.46. The topological polar surface area (TPSA) is 74.2 Å². The fourth-order valence-electron chi connectivity index (χ4n) is 4.11. The van der Waals surface area contributed by atoms with Gasteiger partial charge in [0.2, 0.25) is 0 Å². The summed E-state index contributed by atoms with van der Waals surface area (Å²) in [5.74, 6) is 0.562. The number of anilines is 1. The van der Waals surface area contributed by atoms with Crippen LogP contribution in [0.2, 0.25) is 0 Å². The monoisotopic (exact) mass is 504 g/mol. The maximum atomic E-state index is 13.2. The molecule has 36 heavy (non-hydrogen) atoms. The maximum Gasteiger partial charge on any atom is 0.264 e. The van der Waals surface area contributed by atoms with Crippen LogP contribution in [0.5, 0.6) is 0 Å². The molecular formula is C27H33BN4O3S. The van der Waals surface area contributed by atoms with Crippen LogP contribution in [0.25, 0.3) is 5.70 Å². The first kappa shape index (κ1) is 27.1. The Kier molecular flexibility index (Phi) is 8.68. The maximum absolute atomic E-state index is 13.2. The number of sulfonamides is 1. The molecule has 0 aromatic heterocycles. The second-order valence-corrected chi connectivity index (χ2v) is 10.2. The number of aliphatic imine (C=N–C) groups is 1. The van der Waals surface area contributed by atoms with Gasteiger partial charge in [-0.05, 0) is 43.5 Å². The lowest BCUT2D eigenvalue weighted by molar-refractivity contribution is 0.260. The van der Waals surface area contributed by atoms with Gasteiger partial charge in [-0.15, -0.1) is 0 Å². The number of hydrogen-bond donors (Lipinski definition) is 1. The first-order valence-electron chi connectivity index (χ1n) is 11.7. The molecule has 1 N–H and O–H groups in total. The van der Waals surface area contributed by atoms with Gasteiger partial charge in [0, 0.05) is 43.8 Å². The molecule has 2 aromatic carbocycles. The molecule has 188 valence electrons. The third-order valence-electron chi connectivity index (χ3n) is 6.21. The summed E-state index contributed by atoms with van der Waals surface area (Å²) in [4.78, 5) is 8.71. The lowest BCUT2D eigenvalue weighted by atomic mass is 9.91. The van der Waals surface area contributed by atoms with Gasteiger partial charge in [-0.2, -0.15) is 0 Å². The van der Waals surface area contributed by atoms with E-state index in [-0.39, 0.29) is 4.90 Å². The molecule has 0 unspecified atom stereocenters. The Bertz CT molecular complexity index is 1300. The van der Waals surface area contributed by atoms with Crippen molar-refractivity contribution in [2.45, 2.75) is 25.2 Å². The van der Waals surface area contributed by atoms with Crippen LogP contribution in [-0.2, 0) is 14.8 Å². The lowest BCUT2D eigenvalue weighted by Gasteiger charge is -2.27. The highest BCUT2D eigenvalue weighted by Crippen LogP contribution is 2.29. The molecule has 0 aliphatic carbocycles. The summed E-state index contributed by atoms with van der Waals surface area (Å²) in [5, 5.41) is 0. The fraction of sp³-hybridized carbons (Fsp3) is 0.296. The van der Waals surface area contributed by atoms with Crippen molar-refractivity contribution in [1.82, 2.24) is 9.80 Å². The van der Waals surface area contributed by atoms with Crippen molar-refractivity contribution < 1.29 is 13.2 Å². The zero-order valence-corrected chi connectivity index (χ0v) is 22.1. The molecule has 1 aliphatic rings. The van der Waals surface area contributed by atoms with Gasteiger partial charge < -0.3 is 14.5 Å². The van der Waals surface area contributed by atoms with E-state index in [2.05, 4.69) is 39.3 Å². The van der Waals surface area contributed by atoms with Gasteiger partial charge in [-0.3, -0.25) is 9.71 Å². The van der Waals surface area contributed by atoms with Crippen LogP contribution in [0, 0.1) is 6.92 Å². The van der Waals surface area contributed by atoms with Crippen LogP contribution in [0.1, 0.15) is 24.5 Å². The largest absolute Gasteiger partial charge is 0.495 e. The smallest absolute Gasteiger partial charge is 0.264 e. The van der Waals surface area contributed by atoms with E-state index in [9.17, 15) is 8.42 Å². The van der Waals surface area contributed by atoms with Crippen molar-refractivity contribution >= 4 is 46.6 Å². The molecule has 1 fully saturated rings. The van der Waals surface area contributed by atoms with E-state index in [4.69, 9.17) is 12.6 Å². The van der Waals surface area contributed by atoms with E-state index < -0.39 is 10.0 Å². The minimum absolute atomic E-state index is 0.0975. The number of rotatable bonds is 9. The highest BCUT2D eigenvalue weighted by molar-refractivity contribution is 7.93. The first-order valence-corrected chi connectivity index (χ1v) is 13.2. The number of methoxy groups -OCH3 is 1. The Balaban J connectivity index is 1.76. The standard InChI is InChI=1S/C27H33BN4O3S/c1-7-29-27-19(2)10-8-11-26(27)36(33,34)30-25-13-12-23(18-24(25)28)21(4)32-15-9-14-31(16-17-32)20(3)22(5)35-6/h7-8,10-13,18,30H,3-5,9,14-17H2,1-2,6H3. The third kappa shape index (κ3) is 6.02. The third-order valence-corrected chi connectivity index (χ3v) is 7.60. The molecule has 0 amide bonds. The minimum atomic E-state index is -3.90. The quantitative estimate of drug-likeness (QED) is 0.242. The fourth-order valence-corrected chi connectivity index (χ4v) is 5.42. The Morgan fingerprint density at radius 3 is 2.47 bits per heavy atom. The van der Waals surface area contributed by atoms with Crippen molar-refractivity contribution in [2.75, 3.05) is 38.0 Å². The predicted molar refractivity (Wildman–Crippen MR) is 150 cm³/mol. The highest BCUT2D eigenvalue weighted by atomic mass is 32.2. The summed E-state index contributed by atoms with van der Waals surface area (Å²) in [6.07, 6.45) is 2.49. The van der Waals surface area contributed by atoms with Crippen LogP contribution in [0.15, 0.2) is 77.5 Å². The molecule has 0 spiro atoms. The van der Waals surface area contributed by atoms with Crippen molar-refractivity contribution in [1.29, 1.82) is 0 Å². The van der Waals surface area contributed by atoms with Crippen LogP contribution < -0.4 is 10.2 Å². The highest BCUT2D eigenvalue weighted by Gasteiger charge is 2.22. The zero-order valence-electron chi connectivity index (χ0n) is 21.3. The van der Waals surface area contributed by atoms with Crippen molar-refractivity contribution in [2.24, 2.45) is 4.99 Å². The van der Waals surface area contributed by atoms with Crippen LogP contribution in [-0.4, -0.2) is 65.6 Å². The molecule has 7 nitrogen and oxygen atoms in total. The summed E-state index contributed by atoms with van der Waals surface area (Å²) in [6.45, 7) is 19.0. The molecule has 3 rings (SSSR count). The summed E-state index contributed by atoms with van der Waals surface area (Å²) >= 11 is 0. The number of benzene rings is 2. The van der Waals surface area contributed by atoms with Gasteiger partial charge in [-0.25, -0.2) is 8.42 Å². The second-order valence-electron chi connectivity index (χ2n) is 8.56. The SMILES string of the molecule is [B]c1cc(C(=C)N2CCCN(C(=C)C(=C)OC)CC2)ccc1NS(=O)(=O)c1cccc(C)c1N=CC. The predicted octanol–water partition coefficient (Wildman–Crippen LogP) is 3.96. The Morgan fingerprint density at radius 1 is 1.11 bits per heavy atom. The number of para-hydroxylation sites is 1. The molecule has 9 heteroatoms. The second kappa shape index (κ2) is 11.5. The van der Waals surface area contributed by atoms with Gasteiger partial charge in [0.25, 0.3) is 10.0 Å².